The quantitative estimate of drug-likeness (QED) is 0.458. The highest BCUT2D eigenvalue weighted by Gasteiger charge is 2.20. The van der Waals surface area contributed by atoms with Gasteiger partial charge in [0.05, 0.1) is 18.5 Å². The van der Waals surface area contributed by atoms with E-state index in [0.717, 1.165) is 5.75 Å². The Morgan fingerprint density at radius 3 is 2.00 bits per heavy atom. The van der Waals surface area contributed by atoms with Crippen molar-refractivity contribution in [2.24, 2.45) is 0 Å². The Morgan fingerprint density at radius 2 is 1.34 bits per heavy atom. The van der Waals surface area contributed by atoms with Crippen molar-refractivity contribution >= 4 is 17.0 Å². The minimum absolute atomic E-state index is 0.212. The summed E-state index contributed by atoms with van der Waals surface area (Å²) < 4.78 is 14.1. The molecule has 5 aromatic rings. The molecule has 0 saturated heterocycles. The van der Waals surface area contributed by atoms with Crippen LogP contribution in [-0.4, -0.2) is 26.2 Å². The van der Waals surface area contributed by atoms with Gasteiger partial charge in [-0.2, -0.15) is 0 Å². The van der Waals surface area contributed by atoms with Gasteiger partial charge in [0.1, 0.15) is 29.1 Å². The number of hydrogen-bond acceptors (Lipinski definition) is 6. The zero-order chi connectivity index (χ0) is 22.1. The summed E-state index contributed by atoms with van der Waals surface area (Å²) in [6.07, 6.45) is 1.35. The predicted molar refractivity (Wildman–Crippen MR) is 122 cm³/mol. The van der Waals surface area contributed by atoms with Crippen LogP contribution in [-0.2, 0) is 0 Å². The lowest BCUT2D eigenvalue weighted by molar-refractivity contribution is 0.414. The number of rotatable bonds is 5. The molecule has 2 aromatic heterocycles. The molecule has 0 atom stereocenters. The molecule has 0 bridgehead atoms. The number of aromatic nitrogens is 4. The van der Waals surface area contributed by atoms with Gasteiger partial charge < -0.3 is 15.2 Å². The van der Waals surface area contributed by atoms with Gasteiger partial charge in [-0.05, 0) is 60.7 Å². The molecule has 0 saturated carbocycles. The van der Waals surface area contributed by atoms with Crippen LogP contribution in [0.4, 0.5) is 5.82 Å². The highest BCUT2D eigenvalue weighted by Crippen LogP contribution is 2.26. The van der Waals surface area contributed by atoms with Crippen LogP contribution in [0.15, 0.2) is 90.0 Å². The summed E-state index contributed by atoms with van der Waals surface area (Å²) in [4.78, 5) is 21.9. The number of methoxy groups -OCH3 is 1. The first-order valence-corrected chi connectivity index (χ1v) is 9.87. The third-order valence-electron chi connectivity index (χ3n) is 5.05. The topological polar surface area (TPSA) is 97.2 Å². The van der Waals surface area contributed by atoms with E-state index in [4.69, 9.17) is 15.2 Å². The van der Waals surface area contributed by atoms with Crippen LogP contribution in [0.2, 0.25) is 0 Å². The standard InChI is InChI=1S/C24H19N5O3/c1-31-18-11-7-17(8-12-18)29-23-21(22(25)26-15-27-23)28(24(29)30)16-9-13-20(14-10-16)32-19-5-3-2-4-6-19/h2-15H,1H3,(H2,25,26,27). The Hall–Kier alpha value is -4.59. The van der Waals surface area contributed by atoms with Gasteiger partial charge in [-0.3, -0.25) is 4.57 Å². The molecule has 5 rings (SSSR count). The van der Waals surface area contributed by atoms with E-state index in [0.29, 0.717) is 34.0 Å². The van der Waals surface area contributed by atoms with Crippen LogP contribution >= 0.6 is 0 Å². The van der Waals surface area contributed by atoms with Crippen LogP contribution in [0.5, 0.6) is 17.2 Å². The molecular weight excluding hydrogens is 406 g/mol. The molecule has 32 heavy (non-hydrogen) atoms. The van der Waals surface area contributed by atoms with E-state index in [1.165, 1.54) is 15.5 Å². The van der Waals surface area contributed by atoms with Gasteiger partial charge in [-0.25, -0.2) is 19.3 Å². The number of ether oxygens (including phenoxy) is 2. The van der Waals surface area contributed by atoms with Gasteiger partial charge in [-0.1, -0.05) is 18.2 Å². The minimum atomic E-state index is -0.311. The summed E-state index contributed by atoms with van der Waals surface area (Å²) in [7, 11) is 1.59. The van der Waals surface area contributed by atoms with Gasteiger partial charge in [0.2, 0.25) is 0 Å². The lowest BCUT2D eigenvalue weighted by Crippen LogP contribution is -2.22. The molecule has 3 aromatic carbocycles. The van der Waals surface area contributed by atoms with Crippen LogP contribution in [0, 0.1) is 0 Å². The van der Waals surface area contributed by atoms with Gasteiger partial charge in [0, 0.05) is 0 Å². The van der Waals surface area contributed by atoms with E-state index in [1.54, 1.807) is 55.6 Å². The van der Waals surface area contributed by atoms with Crippen molar-refractivity contribution in [1.82, 2.24) is 19.1 Å². The fraction of sp³-hybridized carbons (Fsp3) is 0.0417. The Labute approximate surface area is 183 Å². The number of benzene rings is 3. The summed E-state index contributed by atoms with van der Waals surface area (Å²) in [5.74, 6) is 2.28. The number of anilines is 1. The van der Waals surface area contributed by atoms with Crippen molar-refractivity contribution in [3.8, 4) is 28.6 Å². The number of nitrogen functional groups attached to an aromatic ring is 1. The fourth-order valence-electron chi connectivity index (χ4n) is 3.54. The van der Waals surface area contributed by atoms with Gasteiger partial charge in [0.15, 0.2) is 11.5 Å². The number of para-hydroxylation sites is 1. The molecular formula is C24H19N5O3. The van der Waals surface area contributed by atoms with Crippen molar-refractivity contribution in [1.29, 1.82) is 0 Å². The van der Waals surface area contributed by atoms with E-state index < -0.39 is 0 Å². The van der Waals surface area contributed by atoms with E-state index in [-0.39, 0.29) is 11.5 Å². The number of hydrogen-bond donors (Lipinski definition) is 1. The molecule has 0 fully saturated rings. The SMILES string of the molecule is COc1ccc(-n2c(=O)n(-c3ccc(Oc4ccccc4)cc3)c3c(N)ncnc32)cc1. The summed E-state index contributed by atoms with van der Waals surface area (Å²) in [5.41, 5.74) is 7.96. The highest BCUT2D eigenvalue weighted by molar-refractivity contribution is 5.85. The smallest absolute Gasteiger partial charge is 0.339 e. The second-order valence-corrected chi connectivity index (χ2v) is 6.99. The average molecular weight is 425 g/mol. The zero-order valence-electron chi connectivity index (χ0n) is 17.2. The lowest BCUT2D eigenvalue weighted by atomic mass is 10.3. The molecule has 0 aliphatic rings. The monoisotopic (exact) mass is 425 g/mol. The molecule has 0 amide bonds. The van der Waals surface area contributed by atoms with Crippen molar-refractivity contribution in [2.75, 3.05) is 12.8 Å². The molecule has 0 aliphatic carbocycles. The second-order valence-electron chi connectivity index (χ2n) is 6.99. The summed E-state index contributed by atoms with van der Waals surface area (Å²) in [6, 6.07) is 23.8. The van der Waals surface area contributed by atoms with Crippen molar-refractivity contribution in [3.05, 3.63) is 95.7 Å². The molecule has 0 unspecified atom stereocenters. The Kier molecular flexibility index (Phi) is 4.79. The normalized spacial score (nSPS) is 10.9. The van der Waals surface area contributed by atoms with E-state index in [1.807, 2.05) is 30.3 Å². The zero-order valence-corrected chi connectivity index (χ0v) is 17.2. The molecule has 158 valence electrons. The highest BCUT2D eigenvalue weighted by atomic mass is 16.5. The van der Waals surface area contributed by atoms with Crippen molar-refractivity contribution < 1.29 is 9.47 Å². The van der Waals surface area contributed by atoms with Gasteiger partial charge in [-0.15, -0.1) is 0 Å². The maximum absolute atomic E-state index is 13.5. The first kappa shape index (κ1) is 19.4. The maximum atomic E-state index is 13.5. The van der Waals surface area contributed by atoms with Crippen LogP contribution < -0.4 is 20.9 Å². The van der Waals surface area contributed by atoms with E-state index in [2.05, 4.69) is 9.97 Å². The third-order valence-corrected chi connectivity index (χ3v) is 5.05. The largest absolute Gasteiger partial charge is 0.497 e. The fourth-order valence-corrected chi connectivity index (χ4v) is 3.54. The van der Waals surface area contributed by atoms with E-state index >= 15 is 0 Å². The molecule has 8 nitrogen and oxygen atoms in total. The van der Waals surface area contributed by atoms with Crippen molar-refractivity contribution in [2.45, 2.75) is 0 Å². The van der Waals surface area contributed by atoms with Gasteiger partial charge in [0.25, 0.3) is 0 Å². The van der Waals surface area contributed by atoms with Crippen LogP contribution in [0.1, 0.15) is 0 Å². The molecule has 0 radical (unpaired) electrons. The first-order valence-electron chi connectivity index (χ1n) is 9.87. The minimum Gasteiger partial charge on any atom is -0.497 e. The number of nitrogens with zero attached hydrogens (tertiary/aromatic N) is 4. The summed E-state index contributed by atoms with van der Waals surface area (Å²) in [5, 5.41) is 0. The first-order chi connectivity index (χ1) is 15.7. The van der Waals surface area contributed by atoms with Gasteiger partial charge >= 0.3 is 5.69 Å². The molecule has 2 heterocycles. The van der Waals surface area contributed by atoms with Crippen LogP contribution in [0.3, 0.4) is 0 Å². The van der Waals surface area contributed by atoms with Crippen LogP contribution in [0.25, 0.3) is 22.5 Å². The summed E-state index contributed by atoms with van der Waals surface area (Å²) in [6.45, 7) is 0. The number of imidazole rings is 1. The van der Waals surface area contributed by atoms with E-state index in [9.17, 15) is 4.79 Å². The molecule has 0 aliphatic heterocycles. The Balaban J connectivity index is 1.63. The summed E-state index contributed by atoms with van der Waals surface area (Å²) >= 11 is 0. The molecule has 0 spiro atoms. The maximum Gasteiger partial charge on any atom is 0.339 e. The lowest BCUT2D eigenvalue weighted by Gasteiger charge is -2.08. The van der Waals surface area contributed by atoms with Crippen molar-refractivity contribution in [3.63, 3.8) is 0 Å². The number of fused-ring (bicyclic) bond motifs is 1. The Bertz CT molecular complexity index is 1440. The molecule has 2 N–H and O–H groups in total. The molecule has 8 heteroatoms. The third kappa shape index (κ3) is 3.33. The average Bonchev–Trinajstić information content (AvgIpc) is 3.13. The predicted octanol–water partition coefficient (Wildman–Crippen LogP) is 3.95. The number of nitrogens with two attached hydrogens (primary N) is 1. The second kappa shape index (κ2) is 7.92. The Morgan fingerprint density at radius 1 is 0.750 bits per heavy atom.